The first-order valence-electron chi connectivity index (χ1n) is 7.50. The largest absolute Gasteiger partial charge is 0.357 e. The van der Waals surface area contributed by atoms with E-state index in [1.54, 1.807) is 11.3 Å². The molecule has 0 saturated heterocycles. The van der Waals surface area contributed by atoms with E-state index in [2.05, 4.69) is 27.5 Å². The lowest BCUT2D eigenvalue weighted by molar-refractivity contribution is 0.785. The molecule has 2 N–H and O–H groups in total. The van der Waals surface area contributed by atoms with E-state index in [9.17, 15) is 0 Å². The maximum atomic E-state index is 6.08. The van der Waals surface area contributed by atoms with E-state index >= 15 is 0 Å². The van der Waals surface area contributed by atoms with Crippen LogP contribution in [0.1, 0.15) is 29.4 Å². The third-order valence-corrected chi connectivity index (χ3v) is 5.30. The van der Waals surface area contributed by atoms with Crippen LogP contribution in [0, 0.1) is 0 Å². The predicted molar refractivity (Wildman–Crippen MR) is 98.6 cm³/mol. The Morgan fingerprint density at radius 3 is 2.70 bits per heavy atom. The van der Waals surface area contributed by atoms with E-state index in [4.69, 9.17) is 23.2 Å². The van der Waals surface area contributed by atoms with Crippen LogP contribution < -0.4 is 10.6 Å². The van der Waals surface area contributed by atoms with Crippen LogP contribution in [0.5, 0.6) is 0 Å². The van der Waals surface area contributed by atoms with E-state index in [1.807, 2.05) is 30.8 Å². The number of guanidine groups is 1. The van der Waals surface area contributed by atoms with Gasteiger partial charge in [-0.25, -0.2) is 9.98 Å². The summed E-state index contributed by atoms with van der Waals surface area (Å²) in [6, 6.07) is 1.84. The van der Waals surface area contributed by atoms with Gasteiger partial charge < -0.3 is 15.2 Å². The van der Waals surface area contributed by atoms with E-state index in [0.29, 0.717) is 23.3 Å². The lowest BCUT2D eigenvalue weighted by atomic mass is 10.4. The zero-order valence-corrected chi connectivity index (χ0v) is 15.8. The summed E-state index contributed by atoms with van der Waals surface area (Å²) in [6.07, 6.45) is 2.94. The number of thiazole rings is 1. The van der Waals surface area contributed by atoms with Crippen LogP contribution in [-0.4, -0.2) is 22.1 Å². The van der Waals surface area contributed by atoms with Gasteiger partial charge in [0.1, 0.15) is 10.2 Å². The highest BCUT2D eigenvalue weighted by molar-refractivity contribution is 7.11. The van der Waals surface area contributed by atoms with Crippen molar-refractivity contribution in [1.82, 2.24) is 20.2 Å². The Labute approximate surface area is 150 Å². The summed E-state index contributed by atoms with van der Waals surface area (Å²) in [4.78, 5) is 10.3. The molecule has 0 aliphatic carbocycles. The Hall–Kier alpha value is -1.24. The fourth-order valence-corrected chi connectivity index (χ4v) is 3.21. The molecule has 2 aromatic rings. The van der Waals surface area contributed by atoms with Crippen LogP contribution in [0.15, 0.2) is 17.3 Å². The molecule has 126 valence electrons. The molecule has 0 fully saturated rings. The number of nitrogens with zero attached hydrogens (tertiary/aromatic N) is 3. The van der Waals surface area contributed by atoms with E-state index in [0.717, 1.165) is 29.6 Å². The number of hydrogen-bond acceptors (Lipinski definition) is 3. The topological polar surface area (TPSA) is 54.2 Å². The zero-order valence-electron chi connectivity index (χ0n) is 13.5. The van der Waals surface area contributed by atoms with Gasteiger partial charge in [0.25, 0.3) is 0 Å². The molecule has 2 heterocycles. The maximum absolute atomic E-state index is 6.08. The van der Waals surface area contributed by atoms with Gasteiger partial charge in [-0.1, -0.05) is 30.1 Å². The van der Waals surface area contributed by atoms with Gasteiger partial charge in [0.05, 0.1) is 18.1 Å². The van der Waals surface area contributed by atoms with Crippen molar-refractivity contribution in [2.24, 2.45) is 12.0 Å². The molecule has 0 unspecified atom stereocenters. The molecule has 2 rings (SSSR count). The van der Waals surface area contributed by atoms with Crippen molar-refractivity contribution >= 4 is 40.5 Å². The first kappa shape index (κ1) is 18.1. The van der Waals surface area contributed by atoms with Gasteiger partial charge >= 0.3 is 0 Å². The Balaban J connectivity index is 2.00. The number of hydrogen-bond donors (Lipinski definition) is 2. The lowest BCUT2D eigenvalue weighted by Crippen LogP contribution is -2.36. The number of aliphatic imine (C=N–C) groups is 1. The lowest BCUT2D eigenvalue weighted by Gasteiger charge is -2.10. The predicted octanol–water partition coefficient (Wildman–Crippen LogP) is 3.61. The summed E-state index contributed by atoms with van der Waals surface area (Å²) in [5, 5.41) is 8.66. The average molecular weight is 374 g/mol. The summed E-state index contributed by atoms with van der Waals surface area (Å²) < 4.78 is 1.84. The van der Waals surface area contributed by atoms with Crippen molar-refractivity contribution in [2.45, 2.75) is 33.4 Å². The Morgan fingerprint density at radius 1 is 1.35 bits per heavy atom. The van der Waals surface area contributed by atoms with Crippen molar-refractivity contribution in [3.8, 4) is 0 Å². The van der Waals surface area contributed by atoms with Crippen molar-refractivity contribution in [3.63, 3.8) is 0 Å². The molecular weight excluding hydrogens is 353 g/mol. The quantitative estimate of drug-likeness (QED) is 0.600. The molecule has 0 aliphatic rings. The van der Waals surface area contributed by atoms with Crippen molar-refractivity contribution in [3.05, 3.63) is 38.0 Å². The summed E-state index contributed by atoms with van der Waals surface area (Å²) in [5.41, 5.74) is 0.958. The maximum Gasteiger partial charge on any atom is 0.191 e. The highest BCUT2D eigenvalue weighted by Gasteiger charge is 2.09. The van der Waals surface area contributed by atoms with Crippen LogP contribution in [-0.2, 0) is 26.6 Å². The Bertz CT molecular complexity index is 677. The van der Waals surface area contributed by atoms with Crippen LogP contribution in [0.3, 0.4) is 0 Å². The minimum absolute atomic E-state index is 0.496. The van der Waals surface area contributed by atoms with Gasteiger partial charge in [-0.3, -0.25) is 0 Å². The molecule has 0 bridgehead atoms. The molecule has 0 atom stereocenters. The number of aryl methyl sites for hydroxylation is 1. The monoisotopic (exact) mass is 373 g/mol. The van der Waals surface area contributed by atoms with Crippen LogP contribution in [0.25, 0.3) is 0 Å². The van der Waals surface area contributed by atoms with Crippen molar-refractivity contribution in [1.29, 1.82) is 0 Å². The normalized spacial score (nSPS) is 11.8. The van der Waals surface area contributed by atoms with Crippen molar-refractivity contribution in [2.75, 3.05) is 6.54 Å². The Kier molecular flexibility index (Phi) is 6.74. The van der Waals surface area contributed by atoms with Gasteiger partial charge in [-0.15, -0.1) is 11.3 Å². The standard InChI is InChI=1S/C15H21Cl2N5S/c1-4-11-8-19-13(23-11)9-21-15(18-5-2)20-7-10-6-12(16)14(17)22(10)3/h6,8H,4-5,7,9H2,1-3H3,(H2,18,20,21). The molecule has 8 heteroatoms. The molecule has 0 aliphatic heterocycles. The summed E-state index contributed by atoms with van der Waals surface area (Å²) in [7, 11) is 1.88. The highest BCUT2D eigenvalue weighted by Crippen LogP contribution is 2.25. The zero-order chi connectivity index (χ0) is 16.8. The minimum atomic E-state index is 0.496. The fourth-order valence-electron chi connectivity index (χ4n) is 2.00. The van der Waals surface area contributed by atoms with Crippen LogP contribution >= 0.6 is 34.5 Å². The van der Waals surface area contributed by atoms with Gasteiger partial charge in [-0.05, 0) is 19.4 Å². The van der Waals surface area contributed by atoms with E-state index in [1.165, 1.54) is 4.88 Å². The SMILES string of the molecule is CCNC(=NCc1cc(Cl)c(Cl)n1C)NCc1ncc(CC)s1. The Morgan fingerprint density at radius 2 is 2.13 bits per heavy atom. The third-order valence-electron chi connectivity index (χ3n) is 3.32. The minimum Gasteiger partial charge on any atom is -0.357 e. The van der Waals surface area contributed by atoms with E-state index in [-0.39, 0.29) is 0 Å². The van der Waals surface area contributed by atoms with E-state index < -0.39 is 0 Å². The highest BCUT2D eigenvalue weighted by atomic mass is 35.5. The summed E-state index contributed by atoms with van der Waals surface area (Å²) in [6.45, 7) is 6.11. The second-order valence-electron chi connectivity index (χ2n) is 4.96. The van der Waals surface area contributed by atoms with Gasteiger partial charge in [0.15, 0.2) is 5.96 Å². The number of halogens is 2. The molecule has 0 spiro atoms. The molecule has 0 saturated carbocycles. The molecule has 23 heavy (non-hydrogen) atoms. The second kappa shape index (κ2) is 8.57. The smallest absolute Gasteiger partial charge is 0.191 e. The van der Waals surface area contributed by atoms with Crippen LogP contribution in [0.4, 0.5) is 0 Å². The third kappa shape index (κ3) is 4.86. The molecule has 2 aromatic heterocycles. The summed E-state index contributed by atoms with van der Waals surface area (Å²) >= 11 is 13.8. The van der Waals surface area contributed by atoms with Crippen molar-refractivity contribution < 1.29 is 0 Å². The molecule has 0 radical (unpaired) electrons. The number of rotatable bonds is 6. The second-order valence-corrected chi connectivity index (χ2v) is 6.92. The van der Waals surface area contributed by atoms with Crippen LogP contribution in [0.2, 0.25) is 10.2 Å². The van der Waals surface area contributed by atoms with Gasteiger partial charge in [0, 0.05) is 30.4 Å². The fraction of sp³-hybridized carbons (Fsp3) is 0.467. The van der Waals surface area contributed by atoms with Gasteiger partial charge in [0.2, 0.25) is 0 Å². The first-order valence-corrected chi connectivity index (χ1v) is 9.07. The van der Waals surface area contributed by atoms with Gasteiger partial charge in [-0.2, -0.15) is 0 Å². The summed E-state index contributed by atoms with van der Waals surface area (Å²) in [5.74, 6) is 0.745. The number of aromatic nitrogens is 2. The molecular formula is C15H21Cl2N5S. The first-order chi connectivity index (χ1) is 11.0. The number of nitrogens with one attached hydrogen (secondary N) is 2. The molecule has 0 aromatic carbocycles. The molecule has 5 nitrogen and oxygen atoms in total. The molecule has 0 amide bonds. The average Bonchev–Trinajstić information content (AvgIpc) is 3.10.